The number of carbonyl (C=O) groups excluding carboxylic acids is 2. The quantitative estimate of drug-likeness (QED) is 0.354. The Morgan fingerprint density at radius 2 is 1.19 bits per heavy atom. The first kappa shape index (κ1) is 24.8. The van der Waals surface area contributed by atoms with E-state index in [1.807, 2.05) is 27.7 Å². The van der Waals surface area contributed by atoms with Crippen LogP contribution in [0.3, 0.4) is 0 Å². The van der Waals surface area contributed by atoms with Gasteiger partial charge < -0.3 is 9.47 Å². The SMILES string of the molecule is CCCC(CCC)OC(=O)CC(C(=O)OC(CCC)CCC)S(=O)(=O)O. The van der Waals surface area contributed by atoms with Crippen molar-refractivity contribution in [3.63, 3.8) is 0 Å². The normalized spacial score (nSPS) is 13.0. The lowest BCUT2D eigenvalue weighted by Crippen LogP contribution is -2.37. The molecule has 0 aliphatic heterocycles. The fourth-order valence-corrected chi connectivity index (χ4v) is 3.39. The predicted octanol–water partition coefficient (Wildman–Crippen LogP) is 3.66. The second-order valence-electron chi connectivity index (χ2n) is 6.53. The number of hydrogen-bond acceptors (Lipinski definition) is 6. The van der Waals surface area contributed by atoms with Crippen LogP contribution in [0.2, 0.25) is 0 Å². The average Bonchev–Trinajstić information content (AvgIpc) is 2.52. The highest BCUT2D eigenvalue weighted by molar-refractivity contribution is 7.87. The van der Waals surface area contributed by atoms with Crippen molar-refractivity contribution >= 4 is 22.1 Å². The van der Waals surface area contributed by atoms with Gasteiger partial charge in [-0.1, -0.05) is 53.4 Å². The lowest BCUT2D eigenvalue weighted by molar-refractivity contribution is -0.156. The molecule has 1 N–H and O–H groups in total. The van der Waals surface area contributed by atoms with Crippen LogP contribution in [-0.4, -0.2) is 42.4 Å². The Labute approximate surface area is 157 Å². The maximum absolute atomic E-state index is 12.3. The van der Waals surface area contributed by atoms with Crippen molar-refractivity contribution in [2.75, 3.05) is 0 Å². The molecular formula is C18H34O7S. The van der Waals surface area contributed by atoms with E-state index >= 15 is 0 Å². The van der Waals surface area contributed by atoms with Crippen LogP contribution >= 0.6 is 0 Å². The van der Waals surface area contributed by atoms with Crippen LogP contribution < -0.4 is 0 Å². The van der Waals surface area contributed by atoms with E-state index in [1.165, 1.54) is 0 Å². The van der Waals surface area contributed by atoms with Crippen molar-refractivity contribution < 1.29 is 32.0 Å². The Morgan fingerprint density at radius 1 is 0.808 bits per heavy atom. The number of esters is 2. The summed E-state index contributed by atoms with van der Waals surface area (Å²) >= 11 is 0. The third-order valence-electron chi connectivity index (χ3n) is 4.00. The Hall–Kier alpha value is -1.15. The molecule has 0 fully saturated rings. The molecule has 1 unspecified atom stereocenters. The first-order valence-electron chi connectivity index (χ1n) is 9.55. The summed E-state index contributed by atoms with van der Waals surface area (Å²) in [5, 5.41) is -1.95. The zero-order valence-electron chi connectivity index (χ0n) is 16.4. The Bertz CT molecular complexity index is 504. The fraction of sp³-hybridized carbons (Fsp3) is 0.889. The number of ether oxygens (including phenoxy) is 2. The molecule has 8 heteroatoms. The third kappa shape index (κ3) is 10.1. The molecule has 0 bridgehead atoms. The molecule has 0 heterocycles. The van der Waals surface area contributed by atoms with Crippen LogP contribution in [0.5, 0.6) is 0 Å². The first-order valence-corrected chi connectivity index (χ1v) is 11.1. The molecule has 0 aliphatic rings. The van der Waals surface area contributed by atoms with E-state index in [4.69, 9.17) is 9.47 Å². The van der Waals surface area contributed by atoms with Gasteiger partial charge in [-0.05, 0) is 25.7 Å². The summed E-state index contributed by atoms with van der Waals surface area (Å²) in [5.41, 5.74) is 0. The summed E-state index contributed by atoms with van der Waals surface area (Å²) in [4.78, 5) is 24.3. The van der Waals surface area contributed by atoms with Crippen molar-refractivity contribution in [3.05, 3.63) is 0 Å². The zero-order chi connectivity index (χ0) is 20.2. The molecular weight excluding hydrogens is 360 g/mol. The van der Waals surface area contributed by atoms with E-state index in [0.29, 0.717) is 25.7 Å². The van der Waals surface area contributed by atoms with Crippen LogP contribution in [0.25, 0.3) is 0 Å². The second-order valence-corrected chi connectivity index (χ2v) is 8.13. The zero-order valence-corrected chi connectivity index (χ0v) is 17.2. The van der Waals surface area contributed by atoms with Crippen molar-refractivity contribution in [1.82, 2.24) is 0 Å². The average molecular weight is 395 g/mol. The largest absolute Gasteiger partial charge is 0.462 e. The van der Waals surface area contributed by atoms with Gasteiger partial charge in [-0.3, -0.25) is 14.1 Å². The van der Waals surface area contributed by atoms with Gasteiger partial charge in [0.05, 0.1) is 6.42 Å². The molecule has 26 heavy (non-hydrogen) atoms. The summed E-state index contributed by atoms with van der Waals surface area (Å²) in [6.07, 6.45) is 4.20. The van der Waals surface area contributed by atoms with Crippen molar-refractivity contribution in [2.45, 2.75) is 103 Å². The van der Waals surface area contributed by atoms with Crippen molar-refractivity contribution in [3.8, 4) is 0 Å². The van der Waals surface area contributed by atoms with Gasteiger partial charge in [0.2, 0.25) is 0 Å². The topological polar surface area (TPSA) is 107 Å². The summed E-state index contributed by atoms with van der Waals surface area (Å²) < 4.78 is 43.1. The maximum Gasteiger partial charge on any atom is 0.327 e. The molecule has 0 rings (SSSR count). The third-order valence-corrected chi connectivity index (χ3v) is 5.08. The molecule has 7 nitrogen and oxygen atoms in total. The molecule has 0 aliphatic carbocycles. The fourth-order valence-electron chi connectivity index (χ4n) is 2.75. The van der Waals surface area contributed by atoms with E-state index in [0.717, 1.165) is 25.7 Å². The Balaban J connectivity index is 5.03. The van der Waals surface area contributed by atoms with E-state index < -0.39 is 39.8 Å². The standard InChI is InChI=1S/C18H34O7S/c1-5-9-14(10-6-2)24-17(19)13-16(26(21,22)23)18(20)25-15(11-7-3)12-8-4/h14-16H,5-13H2,1-4H3,(H,21,22,23). The van der Waals surface area contributed by atoms with Crippen LogP contribution in [0.4, 0.5) is 0 Å². The summed E-state index contributed by atoms with van der Waals surface area (Å²) in [6, 6.07) is 0. The van der Waals surface area contributed by atoms with Crippen molar-refractivity contribution in [1.29, 1.82) is 0 Å². The molecule has 1 atom stereocenters. The van der Waals surface area contributed by atoms with Gasteiger partial charge in [0.15, 0.2) is 5.25 Å². The molecule has 0 saturated heterocycles. The number of carbonyl (C=O) groups is 2. The number of hydrogen-bond donors (Lipinski definition) is 1. The van der Waals surface area contributed by atoms with Gasteiger partial charge in [-0.25, -0.2) is 0 Å². The van der Waals surface area contributed by atoms with E-state index in [1.54, 1.807) is 0 Å². The first-order chi connectivity index (χ1) is 12.2. The van der Waals surface area contributed by atoms with Gasteiger partial charge in [0, 0.05) is 0 Å². The van der Waals surface area contributed by atoms with Gasteiger partial charge in [-0.2, -0.15) is 8.42 Å². The van der Waals surface area contributed by atoms with Gasteiger partial charge in [0.25, 0.3) is 10.1 Å². The van der Waals surface area contributed by atoms with E-state index in [-0.39, 0.29) is 6.10 Å². The maximum atomic E-state index is 12.3. The molecule has 0 saturated carbocycles. The van der Waals surface area contributed by atoms with Gasteiger partial charge >= 0.3 is 11.9 Å². The van der Waals surface area contributed by atoms with Gasteiger partial charge in [-0.15, -0.1) is 0 Å². The molecule has 0 amide bonds. The van der Waals surface area contributed by atoms with Crippen LogP contribution in [0.15, 0.2) is 0 Å². The summed E-state index contributed by atoms with van der Waals surface area (Å²) in [7, 11) is -4.77. The predicted molar refractivity (Wildman–Crippen MR) is 99.3 cm³/mol. The molecule has 0 aromatic carbocycles. The lowest BCUT2D eigenvalue weighted by Gasteiger charge is -2.21. The molecule has 154 valence electrons. The molecule has 0 radical (unpaired) electrons. The van der Waals surface area contributed by atoms with Gasteiger partial charge in [0.1, 0.15) is 12.2 Å². The minimum atomic E-state index is -4.77. The number of rotatable bonds is 14. The van der Waals surface area contributed by atoms with Crippen LogP contribution in [-0.2, 0) is 29.2 Å². The molecule has 0 spiro atoms. The van der Waals surface area contributed by atoms with Crippen LogP contribution in [0.1, 0.15) is 85.5 Å². The highest BCUT2D eigenvalue weighted by Crippen LogP contribution is 2.17. The minimum absolute atomic E-state index is 0.316. The summed E-state index contributed by atoms with van der Waals surface area (Å²) in [5.74, 6) is -1.92. The smallest absolute Gasteiger partial charge is 0.327 e. The molecule has 0 aromatic heterocycles. The highest BCUT2D eigenvalue weighted by Gasteiger charge is 2.37. The van der Waals surface area contributed by atoms with Crippen molar-refractivity contribution in [2.24, 2.45) is 0 Å². The monoisotopic (exact) mass is 394 g/mol. The minimum Gasteiger partial charge on any atom is -0.462 e. The van der Waals surface area contributed by atoms with E-state index in [9.17, 15) is 22.6 Å². The lowest BCUT2D eigenvalue weighted by atomic mass is 10.1. The summed E-state index contributed by atoms with van der Waals surface area (Å²) in [6.45, 7) is 7.76. The Morgan fingerprint density at radius 3 is 1.54 bits per heavy atom. The second kappa shape index (κ2) is 13.1. The molecule has 0 aromatic rings. The Kier molecular flexibility index (Phi) is 12.5. The highest BCUT2D eigenvalue weighted by atomic mass is 32.2. The van der Waals surface area contributed by atoms with E-state index in [2.05, 4.69) is 0 Å². The van der Waals surface area contributed by atoms with Crippen LogP contribution in [0, 0.1) is 0 Å².